The van der Waals surface area contributed by atoms with Gasteiger partial charge in [0.2, 0.25) is 11.7 Å². The quantitative estimate of drug-likeness (QED) is 0.179. The number of rotatable bonds is 9. The van der Waals surface area contributed by atoms with Crippen LogP contribution in [0.15, 0.2) is 60.7 Å². The van der Waals surface area contributed by atoms with Crippen LogP contribution < -0.4 is 10.1 Å². The number of amides is 1. The number of halogens is 3. The fourth-order valence-corrected chi connectivity index (χ4v) is 6.06. The predicted molar refractivity (Wildman–Crippen MR) is 167 cm³/mol. The van der Waals surface area contributed by atoms with Crippen molar-refractivity contribution in [1.29, 1.82) is 0 Å². The number of carbonyl (C=O) groups is 1. The summed E-state index contributed by atoms with van der Waals surface area (Å²) in [7, 11) is 1.61. The van der Waals surface area contributed by atoms with Crippen molar-refractivity contribution in [3.63, 3.8) is 0 Å². The summed E-state index contributed by atoms with van der Waals surface area (Å²) in [4.78, 5) is 18.4. The third-order valence-electron chi connectivity index (χ3n) is 7.91. The molecule has 6 rings (SSSR count). The van der Waals surface area contributed by atoms with E-state index in [2.05, 4.69) is 25.9 Å². The first-order valence-electron chi connectivity index (χ1n) is 14.4. The van der Waals surface area contributed by atoms with E-state index in [-0.39, 0.29) is 29.1 Å². The number of hydrogen-bond donors (Lipinski definition) is 2. The van der Waals surface area contributed by atoms with Crippen molar-refractivity contribution in [2.45, 2.75) is 51.0 Å². The van der Waals surface area contributed by atoms with Crippen LogP contribution >= 0.6 is 23.2 Å². The number of imidazole rings is 1. The molecule has 0 aliphatic heterocycles. The van der Waals surface area contributed by atoms with Crippen molar-refractivity contribution in [3.8, 4) is 34.2 Å². The van der Waals surface area contributed by atoms with Gasteiger partial charge in [0.1, 0.15) is 23.1 Å². The van der Waals surface area contributed by atoms with Crippen LogP contribution in [0.3, 0.4) is 0 Å². The summed E-state index contributed by atoms with van der Waals surface area (Å²) in [5.74, 6) is 1.27. The highest BCUT2D eigenvalue weighted by atomic mass is 35.5. The maximum Gasteiger partial charge on any atom is 0.225 e. The lowest BCUT2D eigenvalue weighted by atomic mass is 9.88. The van der Waals surface area contributed by atoms with Gasteiger partial charge >= 0.3 is 0 Å². The summed E-state index contributed by atoms with van der Waals surface area (Å²) in [5, 5.41) is 18.2. The number of benzene rings is 3. The van der Waals surface area contributed by atoms with Gasteiger partial charge in [0.25, 0.3) is 0 Å². The van der Waals surface area contributed by atoms with Gasteiger partial charge < -0.3 is 10.1 Å². The van der Waals surface area contributed by atoms with Gasteiger partial charge in [-0.2, -0.15) is 5.21 Å². The summed E-state index contributed by atoms with van der Waals surface area (Å²) in [6, 6.07) is 17.5. The molecule has 1 fully saturated rings. The fourth-order valence-electron chi connectivity index (χ4n) is 5.72. The van der Waals surface area contributed by atoms with Gasteiger partial charge in [0.05, 0.1) is 29.9 Å². The van der Waals surface area contributed by atoms with Crippen LogP contribution in [0.25, 0.3) is 28.5 Å². The Hall–Kier alpha value is -4.28. The molecule has 0 unspecified atom stereocenters. The van der Waals surface area contributed by atoms with E-state index in [0.717, 1.165) is 54.8 Å². The summed E-state index contributed by atoms with van der Waals surface area (Å²) in [5.41, 5.74) is 4.07. The molecule has 9 nitrogen and oxygen atoms in total. The molecule has 12 heteroatoms. The molecule has 1 aliphatic rings. The predicted octanol–water partition coefficient (Wildman–Crippen LogP) is 7.08. The third kappa shape index (κ3) is 6.32. The lowest BCUT2D eigenvalue weighted by Gasteiger charge is -2.24. The molecule has 1 aliphatic carbocycles. The number of carbonyl (C=O) groups excluding carboxylic acids is 1. The molecule has 2 heterocycles. The Bertz CT molecular complexity index is 1770. The van der Waals surface area contributed by atoms with E-state index in [4.69, 9.17) is 32.9 Å². The first kappa shape index (κ1) is 29.8. The average Bonchev–Trinajstić information content (AvgIpc) is 3.72. The molecule has 1 amide bonds. The van der Waals surface area contributed by atoms with Crippen LogP contribution in [0.1, 0.15) is 55.0 Å². The number of nitrogens with one attached hydrogen (secondary N) is 2. The van der Waals surface area contributed by atoms with E-state index < -0.39 is 5.82 Å². The van der Waals surface area contributed by atoms with Crippen molar-refractivity contribution in [1.82, 2.24) is 35.5 Å². The van der Waals surface area contributed by atoms with E-state index >= 15 is 0 Å². The molecule has 226 valence electrons. The number of ether oxygens (including phenoxy) is 1. The number of methoxy groups -OCH3 is 1. The van der Waals surface area contributed by atoms with Gasteiger partial charge in [-0.25, -0.2) is 9.37 Å². The largest absolute Gasteiger partial charge is 0.497 e. The van der Waals surface area contributed by atoms with Crippen molar-refractivity contribution in [3.05, 3.63) is 93.5 Å². The molecule has 0 spiro atoms. The molecule has 0 saturated heterocycles. The molecule has 2 aromatic heterocycles. The molecule has 2 N–H and O–H groups in total. The number of nitrogens with zero attached hydrogens (tertiary/aromatic N) is 5. The highest BCUT2D eigenvalue weighted by molar-refractivity contribution is 6.31. The Morgan fingerprint density at radius 1 is 1.07 bits per heavy atom. The number of aromatic amines is 1. The maximum atomic E-state index is 14.3. The monoisotopic (exact) mass is 633 g/mol. The highest BCUT2D eigenvalue weighted by Gasteiger charge is 2.30. The number of H-pyrrole nitrogens is 1. The Morgan fingerprint density at radius 3 is 2.57 bits per heavy atom. The van der Waals surface area contributed by atoms with Crippen molar-refractivity contribution in [2.24, 2.45) is 0 Å². The standard InChI is InChI=1S/C32H30Cl2FN7O2/c1-44-24-12-7-19(8-13-24)18-36-28(43)16-21-9-11-23(33)17-27(21)42-30(22-10-14-26(35)25(34)15-22)29(31-38-40-41-39-31)37-32(42)20-5-3-2-4-6-20/h7-15,17,20H,2-6,16,18H2,1H3,(H,36,43)(H,38,39,40,41). The van der Waals surface area contributed by atoms with Gasteiger partial charge in [0, 0.05) is 23.0 Å². The van der Waals surface area contributed by atoms with E-state index in [1.807, 2.05) is 41.0 Å². The minimum atomic E-state index is -0.535. The zero-order chi connectivity index (χ0) is 30.6. The number of tetrazole rings is 1. The first-order valence-corrected chi connectivity index (χ1v) is 15.2. The van der Waals surface area contributed by atoms with Crippen LogP contribution in [0.5, 0.6) is 5.75 Å². The smallest absolute Gasteiger partial charge is 0.225 e. The van der Waals surface area contributed by atoms with Gasteiger partial charge in [-0.15, -0.1) is 10.2 Å². The minimum Gasteiger partial charge on any atom is -0.497 e. The maximum absolute atomic E-state index is 14.3. The van der Waals surface area contributed by atoms with Crippen molar-refractivity contribution >= 4 is 29.1 Å². The van der Waals surface area contributed by atoms with E-state index in [9.17, 15) is 9.18 Å². The SMILES string of the molecule is COc1ccc(CNC(=O)Cc2ccc(Cl)cc2-n2c(C3CCCCC3)nc(-c3nn[nH]n3)c2-c2ccc(F)c(Cl)c2)cc1. The normalized spacial score (nSPS) is 13.6. The van der Waals surface area contributed by atoms with Crippen LogP contribution in [0.2, 0.25) is 10.0 Å². The second kappa shape index (κ2) is 13.2. The second-order valence-electron chi connectivity index (χ2n) is 10.8. The molecule has 5 aromatic rings. The molecular weight excluding hydrogens is 604 g/mol. The molecule has 0 atom stereocenters. The topological polar surface area (TPSA) is 111 Å². The zero-order valence-electron chi connectivity index (χ0n) is 24.0. The molecule has 0 bridgehead atoms. The van der Waals surface area contributed by atoms with Crippen LogP contribution in [0.4, 0.5) is 4.39 Å². The van der Waals surface area contributed by atoms with Crippen molar-refractivity contribution in [2.75, 3.05) is 7.11 Å². The van der Waals surface area contributed by atoms with Gasteiger partial charge in [-0.3, -0.25) is 9.36 Å². The summed E-state index contributed by atoms with van der Waals surface area (Å²) < 4.78 is 21.6. The fraction of sp³-hybridized carbons (Fsp3) is 0.281. The van der Waals surface area contributed by atoms with Crippen LogP contribution in [-0.4, -0.2) is 43.2 Å². The second-order valence-corrected chi connectivity index (χ2v) is 11.6. The minimum absolute atomic E-state index is 0.0299. The van der Waals surface area contributed by atoms with E-state index in [1.165, 1.54) is 6.07 Å². The molecule has 44 heavy (non-hydrogen) atoms. The summed E-state index contributed by atoms with van der Waals surface area (Å²) >= 11 is 12.9. The van der Waals surface area contributed by atoms with Crippen LogP contribution in [-0.2, 0) is 17.8 Å². The van der Waals surface area contributed by atoms with Gasteiger partial charge in [0.15, 0.2) is 0 Å². The highest BCUT2D eigenvalue weighted by Crippen LogP contribution is 2.42. The van der Waals surface area contributed by atoms with E-state index in [0.29, 0.717) is 34.2 Å². The van der Waals surface area contributed by atoms with Crippen LogP contribution in [0, 0.1) is 5.82 Å². The lowest BCUT2D eigenvalue weighted by Crippen LogP contribution is -2.25. The Kier molecular flexibility index (Phi) is 8.90. The number of aromatic nitrogens is 6. The van der Waals surface area contributed by atoms with Gasteiger partial charge in [-0.1, -0.05) is 60.7 Å². The third-order valence-corrected chi connectivity index (χ3v) is 8.44. The summed E-state index contributed by atoms with van der Waals surface area (Å²) in [6.45, 7) is 0.367. The Balaban J connectivity index is 1.46. The van der Waals surface area contributed by atoms with E-state index in [1.54, 1.807) is 25.3 Å². The Morgan fingerprint density at radius 2 is 1.86 bits per heavy atom. The molecule has 1 saturated carbocycles. The Labute approximate surface area is 263 Å². The number of hydrogen-bond acceptors (Lipinski definition) is 6. The average molecular weight is 635 g/mol. The lowest BCUT2D eigenvalue weighted by molar-refractivity contribution is -0.120. The van der Waals surface area contributed by atoms with Crippen molar-refractivity contribution < 1.29 is 13.9 Å². The molecule has 0 radical (unpaired) electrons. The van der Waals surface area contributed by atoms with Gasteiger partial charge in [-0.05, 0) is 71.6 Å². The summed E-state index contributed by atoms with van der Waals surface area (Å²) in [6.07, 6.45) is 5.29. The molecule has 3 aromatic carbocycles. The molecular formula is C32H30Cl2FN7O2. The first-order chi connectivity index (χ1) is 21.4. The zero-order valence-corrected chi connectivity index (χ0v) is 25.5.